The summed E-state index contributed by atoms with van der Waals surface area (Å²) in [5.74, 6) is -0.501. The summed E-state index contributed by atoms with van der Waals surface area (Å²) in [6.07, 6.45) is 5.97. The molecular formula is C27H34O6. The van der Waals surface area contributed by atoms with E-state index in [9.17, 15) is 14.7 Å². The molecule has 0 aliphatic carbocycles. The minimum Gasteiger partial charge on any atom is -0.489 e. The van der Waals surface area contributed by atoms with Gasteiger partial charge in [0.1, 0.15) is 12.4 Å². The summed E-state index contributed by atoms with van der Waals surface area (Å²) in [5, 5.41) is 9.80. The first-order valence-electron chi connectivity index (χ1n) is 11.1. The number of carbonyl (C=O) groups is 2. The van der Waals surface area contributed by atoms with E-state index in [4.69, 9.17) is 14.2 Å². The number of hydrogen-bond acceptors (Lipinski definition) is 6. The molecule has 0 saturated heterocycles. The number of esters is 2. The molecule has 2 aromatic carbocycles. The molecule has 0 saturated carbocycles. The first-order chi connectivity index (χ1) is 15.6. The van der Waals surface area contributed by atoms with Crippen molar-refractivity contribution in [3.8, 4) is 5.75 Å². The van der Waals surface area contributed by atoms with Gasteiger partial charge in [-0.3, -0.25) is 0 Å². The van der Waals surface area contributed by atoms with Crippen LogP contribution in [0.2, 0.25) is 0 Å². The number of allylic oxidation sites excluding steroid dienone is 2. The van der Waals surface area contributed by atoms with Gasteiger partial charge in [-0.15, -0.1) is 0 Å². The summed E-state index contributed by atoms with van der Waals surface area (Å²) < 4.78 is 15.5. The van der Waals surface area contributed by atoms with Crippen molar-refractivity contribution in [3.63, 3.8) is 0 Å². The fourth-order valence-corrected chi connectivity index (χ4v) is 3.38. The van der Waals surface area contributed by atoms with E-state index < -0.39 is 17.5 Å². The molecular weight excluding hydrogens is 420 g/mol. The van der Waals surface area contributed by atoms with Gasteiger partial charge in [-0.05, 0) is 81.0 Å². The summed E-state index contributed by atoms with van der Waals surface area (Å²) >= 11 is 0. The molecule has 2 rings (SSSR count). The second-order valence-electron chi connectivity index (χ2n) is 8.62. The number of aliphatic hydroxyl groups is 1. The Morgan fingerprint density at radius 3 is 2.33 bits per heavy atom. The second kappa shape index (κ2) is 12.2. The third kappa shape index (κ3) is 8.39. The predicted octanol–water partition coefficient (Wildman–Crippen LogP) is 5.57. The van der Waals surface area contributed by atoms with Crippen LogP contribution in [-0.2, 0) is 16.1 Å². The SMILES string of the molecule is COC(=O)c1ccc(COc2cccc(/C(C)=C/CCCCC(C)(C)O)c2)cc1C(=O)OC. The Morgan fingerprint density at radius 2 is 1.67 bits per heavy atom. The van der Waals surface area contributed by atoms with Gasteiger partial charge in [-0.25, -0.2) is 9.59 Å². The summed E-state index contributed by atoms with van der Waals surface area (Å²) in [5.41, 5.74) is 2.65. The highest BCUT2D eigenvalue weighted by atomic mass is 16.5. The molecule has 6 heteroatoms. The van der Waals surface area contributed by atoms with Crippen LogP contribution in [0.15, 0.2) is 48.5 Å². The van der Waals surface area contributed by atoms with Crippen molar-refractivity contribution in [2.75, 3.05) is 14.2 Å². The van der Waals surface area contributed by atoms with Gasteiger partial charge >= 0.3 is 11.9 Å². The molecule has 0 radical (unpaired) electrons. The minimum absolute atomic E-state index is 0.141. The van der Waals surface area contributed by atoms with Crippen LogP contribution in [0, 0.1) is 0 Å². The van der Waals surface area contributed by atoms with Crippen LogP contribution in [0.1, 0.15) is 78.3 Å². The molecule has 0 amide bonds. The Balaban J connectivity index is 2.03. The maximum absolute atomic E-state index is 12.1. The fourth-order valence-electron chi connectivity index (χ4n) is 3.38. The number of benzene rings is 2. The lowest BCUT2D eigenvalue weighted by atomic mass is 9.99. The molecule has 1 N–H and O–H groups in total. The normalized spacial score (nSPS) is 11.8. The van der Waals surface area contributed by atoms with Gasteiger partial charge in [0.05, 0.1) is 30.9 Å². The number of ether oxygens (including phenoxy) is 3. The highest BCUT2D eigenvalue weighted by Crippen LogP contribution is 2.23. The smallest absolute Gasteiger partial charge is 0.338 e. The highest BCUT2D eigenvalue weighted by molar-refractivity contribution is 6.03. The lowest BCUT2D eigenvalue weighted by molar-refractivity contribution is 0.0555. The average molecular weight is 455 g/mol. The summed E-state index contributed by atoms with van der Waals surface area (Å²) in [6, 6.07) is 12.7. The van der Waals surface area contributed by atoms with E-state index in [0.717, 1.165) is 36.8 Å². The van der Waals surface area contributed by atoms with Crippen molar-refractivity contribution in [1.82, 2.24) is 0 Å². The predicted molar refractivity (Wildman–Crippen MR) is 128 cm³/mol. The molecule has 0 bridgehead atoms. The molecule has 2 aromatic rings. The number of methoxy groups -OCH3 is 2. The Hall–Kier alpha value is -3.12. The number of hydrogen-bond donors (Lipinski definition) is 1. The quantitative estimate of drug-likeness (QED) is 0.353. The van der Waals surface area contributed by atoms with Crippen molar-refractivity contribution < 1.29 is 28.9 Å². The number of rotatable bonds is 11. The molecule has 0 aliphatic rings. The Bertz CT molecular complexity index is 984. The molecule has 0 aliphatic heterocycles. The summed E-state index contributed by atoms with van der Waals surface area (Å²) in [7, 11) is 2.53. The molecule has 0 heterocycles. The average Bonchev–Trinajstić information content (AvgIpc) is 2.80. The monoisotopic (exact) mass is 454 g/mol. The van der Waals surface area contributed by atoms with Gasteiger partial charge in [0.15, 0.2) is 0 Å². The first-order valence-corrected chi connectivity index (χ1v) is 11.1. The van der Waals surface area contributed by atoms with Gasteiger partial charge in [0, 0.05) is 0 Å². The summed E-state index contributed by atoms with van der Waals surface area (Å²) in [4.78, 5) is 24.0. The molecule has 0 fully saturated rings. The molecule has 178 valence electrons. The third-order valence-corrected chi connectivity index (χ3v) is 5.28. The molecule has 0 spiro atoms. The van der Waals surface area contributed by atoms with E-state index in [2.05, 4.69) is 13.0 Å². The van der Waals surface area contributed by atoms with E-state index in [1.54, 1.807) is 12.1 Å². The Labute approximate surface area is 196 Å². The van der Waals surface area contributed by atoms with E-state index >= 15 is 0 Å². The zero-order chi connectivity index (χ0) is 24.4. The maximum Gasteiger partial charge on any atom is 0.338 e. The van der Waals surface area contributed by atoms with Gasteiger partial charge in [0.25, 0.3) is 0 Å². The maximum atomic E-state index is 12.1. The first kappa shape index (κ1) is 26.1. The Morgan fingerprint density at radius 1 is 0.970 bits per heavy atom. The van der Waals surface area contributed by atoms with Crippen LogP contribution in [0.25, 0.3) is 5.57 Å². The number of unbranched alkanes of at least 4 members (excludes halogenated alkanes) is 2. The van der Waals surface area contributed by atoms with Crippen molar-refractivity contribution in [3.05, 3.63) is 70.8 Å². The Kier molecular flexibility index (Phi) is 9.67. The van der Waals surface area contributed by atoms with Crippen LogP contribution < -0.4 is 4.74 Å². The van der Waals surface area contributed by atoms with Gasteiger partial charge in [-0.2, -0.15) is 0 Å². The van der Waals surface area contributed by atoms with Crippen molar-refractivity contribution in [2.24, 2.45) is 0 Å². The zero-order valence-corrected chi connectivity index (χ0v) is 20.1. The number of carbonyl (C=O) groups excluding carboxylic acids is 2. The van der Waals surface area contributed by atoms with Crippen LogP contribution >= 0.6 is 0 Å². The second-order valence-corrected chi connectivity index (χ2v) is 8.62. The topological polar surface area (TPSA) is 82.1 Å². The molecule has 0 atom stereocenters. The van der Waals surface area contributed by atoms with Crippen LogP contribution in [0.5, 0.6) is 5.75 Å². The fraction of sp³-hybridized carbons (Fsp3) is 0.407. The van der Waals surface area contributed by atoms with Gasteiger partial charge in [-0.1, -0.05) is 30.7 Å². The van der Waals surface area contributed by atoms with Crippen molar-refractivity contribution in [1.29, 1.82) is 0 Å². The van der Waals surface area contributed by atoms with Crippen LogP contribution in [0.3, 0.4) is 0 Å². The standard InChI is InChI=1S/C27H34O6/c1-19(10-7-6-8-15-27(2,3)30)21-11-9-12-22(17-21)33-18-20-13-14-23(25(28)31-4)24(16-20)26(29)32-5/h9-14,16-17,30H,6-8,15,18H2,1-5H3/b19-10+. The molecule has 6 nitrogen and oxygen atoms in total. The van der Waals surface area contributed by atoms with E-state index in [-0.39, 0.29) is 17.7 Å². The molecule has 33 heavy (non-hydrogen) atoms. The summed E-state index contributed by atoms with van der Waals surface area (Å²) in [6.45, 7) is 5.98. The van der Waals surface area contributed by atoms with Gasteiger partial charge in [0.2, 0.25) is 0 Å². The van der Waals surface area contributed by atoms with E-state index in [1.165, 1.54) is 25.9 Å². The van der Waals surface area contributed by atoms with Crippen molar-refractivity contribution >= 4 is 17.5 Å². The van der Waals surface area contributed by atoms with Crippen LogP contribution in [-0.4, -0.2) is 36.9 Å². The van der Waals surface area contributed by atoms with Crippen LogP contribution in [0.4, 0.5) is 0 Å². The lowest BCUT2D eigenvalue weighted by Gasteiger charge is -2.16. The zero-order valence-electron chi connectivity index (χ0n) is 20.1. The molecule has 0 unspecified atom stereocenters. The van der Waals surface area contributed by atoms with E-state index in [1.807, 2.05) is 38.1 Å². The third-order valence-electron chi connectivity index (χ3n) is 5.28. The largest absolute Gasteiger partial charge is 0.489 e. The lowest BCUT2D eigenvalue weighted by Crippen LogP contribution is -2.17. The van der Waals surface area contributed by atoms with Gasteiger partial charge < -0.3 is 19.3 Å². The molecule has 0 aromatic heterocycles. The highest BCUT2D eigenvalue weighted by Gasteiger charge is 2.19. The minimum atomic E-state index is -0.609. The van der Waals surface area contributed by atoms with Crippen molar-refractivity contribution in [2.45, 2.75) is 58.7 Å². The van der Waals surface area contributed by atoms with E-state index in [0.29, 0.717) is 5.75 Å².